The van der Waals surface area contributed by atoms with Gasteiger partial charge in [-0.05, 0) is 44.0 Å². The van der Waals surface area contributed by atoms with E-state index in [0.717, 1.165) is 28.1 Å². The lowest BCUT2D eigenvalue weighted by molar-refractivity contribution is -0.142. The van der Waals surface area contributed by atoms with Gasteiger partial charge >= 0.3 is 5.97 Å². The molecule has 0 fully saturated rings. The number of aromatic nitrogens is 1. The van der Waals surface area contributed by atoms with E-state index in [-0.39, 0.29) is 18.4 Å². The molecule has 3 aromatic rings. The third-order valence-corrected chi connectivity index (χ3v) is 7.74. The smallest absolute Gasteiger partial charge is 0.321 e. The number of ether oxygens (including phenoxy) is 3. The Kier molecular flexibility index (Phi) is 9.19. The molecule has 2 aromatic carbocycles. The molecule has 0 radical (unpaired) electrons. The van der Waals surface area contributed by atoms with E-state index in [1.807, 2.05) is 43.6 Å². The Hall–Kier alpha value is -3.37. The van der Waals surface area contributed by atoms with Crippen LogP contribution in [-0.4, -0.2) is 47.0 Å². The predicted molar refractivity (Wildman–Crippen MR) is 146 cm³/mol. The van der Waals surface area contributed by atoms with Crippen LogP contribution in [0.1, 0.15) is 39.0 Å². The molecule has 0 aliphatic carbocycles. The van der Waals surface area contributed by atoms with Crippen molar-refractivity contribution in [2.45, 2.75) is 39.0 Å². The lowest BCUT2D eigenvalue weighted by Crippen LogP contribution is -2.28. The van der Waals surface area contributed by atoms with E-state index >= 15 is 0 Å². The van der Waals surface area contributed by atoms with Crippen LogP contribution in [0.2, 0.25) is 0 Å². The summed E-state index contributed by atoms with van der Waals surface area (Å²) in [5.41, 5.74) is 5.38. The number of thioether (sulfide) groups is 1. The Balaban J connectivity index is 1.46. The van der Waals surface area contributed by atoms with Crippen molar-refractivity contribution in [1.82, 2.24) is 10.3 Å². The van der Waals surface area contributed by atoms with Gasteiger partial charge in [0.1, 0.15) is 23.4 Å². The second-order valence-electron chi connectivity index (χ2n) is 8.33. The second-order valence-corrected chi connectivity index (χ2v) is 10.5. The molecule has 0 saturated heterocycles. The Labute approximate surface area is 224 Å². The lowest BCUT2D eigenvalue weighted by atomic mass is 10.1. The fourth-order valence-electron chi connectivity index (χ4n) is 3.60. The topological polar surface area (TPSA) is 99.1 Å². The average molecular weight is 540 g/mol. The molecular formula is C27H29N3O5S2. The van der Waals surface area contributed by atoms with E-state index in [1.165, 1.54) is 11.8 Å². The molecule has 10 heteroatoms. The van der Waals surface area contributed by atoms with Crippen LogP contribution in [0.3, 0.4) is 0 Å². The van der Waals surface area contributed by atoms with Gasteiger partial charge in [0.25, 0.3) is 5.91 Å². The third-order valence-electron chi connectivity index (χ3n) is 5.67. The maximum absolute atomic E-state index is 13.1. The van der Waals surface area contributed by atoms with Crippen LogP contribution in [0.25, 0.3) is 0 Å². The Morgan fingerprint density at radius 2 is 1.89 bits per heavy atom. The molecule has 1 N–H and O–H groups in total. The molecule has 1 aliphatic heterocycles. The minimum atomic E-state index is -0.451. The summed E-state index contributed by atoms with van der Waals surface area (Å²) in [7, 11) is 0. The van der Waals surface area contributed by atoms with Crippen LogP contribution in [0.5, 0.6) is 11.5 Å². The summed E-state index contributed by atoms with van der Waals surface area (Å²) < 4.78 is 17.1. The number of rotatable bonds is 10. The maximum atomic E-state index is 13.1. The van der Waals surface area contributed by atoms with Crippen LogP contribution in [0.4, 0.5) is 0 Å². The lowest BCUT2D eigenvalue weighted by Gasteiger charge is -2.13. The SMILES string of the molecule is CCOC(=O)C1CN=C(NC(=O)c2cc(OCCc3scnc3C)cc(OCc3ccccc3C)c2)S1. The number of hydrogen-bond donors (Lipinski definition) is 1. The summed E-state index contributed by atoms with van der Waals surface area (Å²) in [5, 5.41) is 2.73. The number of nitrogens with zero attached hydrogens (tertiary/aromatic N) is 2. The normalized spacial score (nSPS) is 14.7. The summed E-state index contributed by atoms with van der Waals surface area (Å²) in [6.07, 6.45) is 0.717. The molecule has 1 aromatic heterocycles. The van der Waals surface area contributed by atoms with Gasteiger partial charge in [-0.2, -0.15) is 0 Å². The van der Waals surface area contributed by atoms with Gasteiger partial charge < -0.3 is 19.5 Å². The second kappa shape index (κ2) is 12.7. The number of aryl methyl sites for hydroxylation is 2. The molecule has 1 unspecified atom stereocenters. The zero-order valence-electron chi connectivity index (χ0n) is 21.0. The quantitative estimate of drug-likeness (QED) is 0.372. The first-order valence-corrected chi connectivity index (χ1v) is 13.7. The number of amides is 1. The highest BCUT2D eigenvalue weighted by atomic mass is 32.2. The Morgan fingerprint density at radius 1 is 1.11 bits per heavy atom. The standard InChI is InChI=1S/C27H29N3O5S2/c1-4-33-26(32)24-14-28-27(37-24)30-25(31)20-11-21(34-10-9-23-18(3)29-16-36-23)13-22(12-20)35-15-19-8-6-5-7-17(19)2/h5-8,11-13,16,24H,4,9-10,14-15H2,1-3H3,(H,28,30,31). The molecule has 194 valence electrons. The van der Waals surface area contributed by atoms with Crippen molar-refractivity contribution in [2.24, 2.45) is 4.99 Å². The van der Waals surface area contributed by atoms with Gasteiger partial charge in [0.15, 0.2) is 5.17 Å². The largest absolute Gasteiger partial charge is 0.493 e. The van der Waals surface area contributed by atoms with Gasteiger partial charge in [-0.1, -0.05) is 36.0 Å². The van der Waals surface area contributed by atoms with E-state index in [0.29, 0.717) is 42.1 Å². The van der Waals surface area contributed by atoms with Crippen LogP contribution in [-0.2, 0) is 22.6 Å². The van der Waals surface area contributed by atoms with Crippen LogP contribution in [0, 0.1) is 13.8 Å². The molecule has 8 nitrogen and oxygen atoms in total. The molecule has 0 saturated carbocycles. The highest BCUT2D eigenvalue weighted by molar-refractivity contribution is 8.15. The molecule has 0 spiro atoms. The van der Waals surface area contributed by atoms with Gasteiger partial charge in [0, 0.05) is 22.9 Å². The number of carbonyl (C=O) groups is 2. The number of nitrogens with one attached hydrogen (secondary N) is 1. The number of thiazole rings is 1. The Bertz CT molecular complexity index is 1290. The van der Waals surface area contributed by atoms with Crippen molar-refractivity contribution >= 4 is 40.1 Å². The van der Waals surface area contributed by atoms with Crippen molar-refractivity contribution < 1.29 is 23.8 Å². The molecule has 0 bridgehead atoms. The number of amidine groups is 1. The van der Waals surface area contributed by atoms with Crippen LogP contribution < -0.4 is 14.8 Å². The summed E-state index contributed by atoms with van der Waals surface area (Å²) >= 11 is 2.79. The van der Waals surface area contributed by atoms with Crippen molar-refractivity contribution in [3.63, 3.8) is 0 Å². The molecule has 1 aliphatic rings. The van der Waals surface area contributed by atoms with E-state index in [1.54, 1.807) is 36.5 Å². The number of benzene rings is 2. The number of hydrogen-bond acceptors (Lipinski definition) is 9. The fraction of sp³-hybridized carbons (Fsp3) is 0.333. The molecule has 1 amide bonds. The van der Waals surface area contributed by atoms with Crippen molar-refractivity contribution in [1.29, 1.82) is 0 Å². The molecule has 1 atom stereocenters. The number of carbonyl (C=O) groups excluding carboxylic acids is 2. The minimum absolute atomic E-state index is 0.268. The first kappa shape index (κ1) is 26.7. The Morgan fingerprint density at radius 3 is 2.62 bits per heavy atom. The van der Waals surface area contributed by atoms with Gasteiger partial charge in [-0.25, -0.2) is 4.98 Å². The van der Waals surface area contributed by atoms with Crippen LogP contribution in [0.15, 0.2) is 53.0 Å². The van der Waals surface area contributed by atoms with Crippen molar-refractivity contribution in [3.05, 3.63) is 75.2 Å². The fourth-order valence-corrected chi connectivity index (χ4v) is 5.25. The van der Waals surface area contributed by atoms with Gasteiger partial charge in [-0.3, -0.25) is 14.6 Å². The first-order chi connectivity index (χ1) is 17.9. The van der Waals surface area contributed by atoms with E-state index in [2.05, 4.69) is 15.3 Å². The van der Waals surface area contributed by atoms with Gasteiger partial charge in [0.05, 0.1) is 31.0 Å². The summed E-state index contributed by atoms with van der Waals surface area (Å²) in [6.45, 7) is 7.14. The minimum Gasteiger partial charge on any atom is -0.493 e. The zero-order chi connectivity index (χ0) is 26.2. The highest BCUT2D eigenvalue weighted by Crippen LogP contribution is 2.26. The van der Waals surface area contributed by atoms with E-state index in [9.17, 15) is 9.59 Å². The number of aliphatic imine (C=N–C) groups is 1. The van der Waals surface area contributed by atoms with Crippen LogP contribution >= 0.6 is 23.1 Å². The third kappa shape index (κ3) is 7.33. The predicted octanol–water partition coefficient (Wildman–Crippen LogP) is 4.72. The first-order valence-electron chi connectivity index (χ1n) is 12.0. The van der Waals surface area contributed by atoms with Gasteiger partial charge in [-0.15, -0.1) is 11.3 Å². The summed E-state index contributed by atoms with van der Waals surface area (Å²) in [5.74, 6) is 0.351. The number of esters is 1. The molecule has 2 heterocycles. The van der Waals surface area contributed by atoms with E-state index in [4.69, 9.17) is 14.2 Å². The van der Waals surface area contributed by atoms with Crippen molar-refractivity contribution in [2.75, 3.05) is 19.8 Å². The van der Waals surface area contributed by atoms with Gasteiger partial charge in [0.2, 0.25) is 0 Å². The molecule has 4 rings (SSSR count). The van der Waals surface area contributed by atoms with Crippen molar-refractivity contribution in [3.8, 4) is 11.5 Å². The summed E-state index contributed by atoms with van der Waals surface area (Å²) in [4.78, 5) is 34.8. The highest BCUT2D eigenvalue weighted by Gasteiger charge is 2.29. The molecule has 37 heavy (non-hydrogen) atoms. The monoisotopic (exact) mass is 539 g/mol. The molecular weight excluding hydrogens is 510 g/mol. The zero-order valence-corrected chi connectivity index (χ0v) is 22.6. The van der Waals surface area contributed by atoms with E-state index < -0.39 is 5.25 Å². The average Bonchev–Trinajstić information content (AvgIpc) is 3.52. The maximum Gasteiger partial charge on any atom is 0.321 e. The summed E-state index contributed by atoms with van der Waals surface area (Å²) in [6, 6.07) is 13.1.